The summed E-state index contributed by atoms with van der Waals surface area (Å²) in [6.45, 7) is 2.29. The van der Waals surface area contributed by atoms with Gasteiger partial charge in [-0.3, -0.25) is 0 Å². The molecule has 0 bridgehead atoms. The number of hydrogen-bond acceptors (Lipinski definition) is 4. The second-order valence-electron chi connectivity index (χ2n) is 7.28. The lowest BCUT2D eigenvalue weighted by Gasteiger charge is -2.38. The number of amides is 2. The third-order valence-corrected chi connectivity index (χ3v) is 5.05. The van der Waals surface area contributed by atoms with Crippen molar-refractivity contribution >= 4 is 12.2 Å². The van der Waals surface area contributed by atoms with Gasteiger partial charge in [-0.2, -0.15) is 0 Å². The lowest BCUT2D eigenvalue weighted by atomic mass is 9.79. The minimum Gasteiger partial charge on any atom is -0.446 e. The average molecular weight is 346 g/mol. The van der Waals surface area contributed by atoms with Crippen LogP contribution in [-0.4, -0.2) is 29.9 Å². The highest BCUT2D eigenvalue weighted by Crippen LogP contribution is 2.31. The van der Waals surface area contributed by atoms with Crippen molar-refractivity contribution in [3.05, 3.63) is 35.9 Å². The summed E-state index contributed by atoms with van der Waals surface area (Å²) in [4.78, 5) is 23.8. The molecule has 0 heterocycles. The summed E-state index contributed by atoms with van der Waals surface area (Å²) < 4.78 is 10.7. The zero-order valence-corrected chi connectivity index (χ0v) is 14.6. The topological polar surface area (TPSA) is 76.7 Å². The van der Waals surface area contributed by atoms with Crippen molar-refractivity contribution < 1.29 is 19.1 Å². The highest BCUT2D eigenvalue weighted by Gasteiger charge is 2.35. The van der Waals surface area contributed by atoms with Crippen LogP contribution in [0.3, 0.4) is 0 Å². The van der Waals surface area contributed by atoms with Crippen LogP contribution < -0.4 is 10.6 Å². The van der Waals surface area contributed by atoms with Crippen LogP contribution >= 0.6 is 0 Å². The van der Waals surface area contributed by atoms with Gasteiger partial charge in [0.15, 0.2) is 0 Å². The second-order valence-corrected chi connectivity index (χ2v) is 7.28. The Bertz CT molecular complexity index is 601. The van der Waals surface area contributed by atoms with Gasteiger partial charge < -0.3 is 20.1 Å². The molecule has 0 saturated heterocycles. The largest absolute Gasteiger partial charge is 0.446 e. The zero-order chi connectivity index (χ0) is 17.7. The predicted molar refractivity (Wildman–Crippen MR) is 93.1 cm³/mol. The number of alkyl carbamates (subject to hydrolysis) is 2. The summed E-state index contributed by atoms with van der Waals surface area (Å²) >= 11 is 0. The Morgan fingerprint density at radius 1 is 1.16 bits per heavy atom. The molecule has 3 rings (SSSR count). The molecule has 136 valence electrons. The summed E-state index contributed by atoms with van der Waals surface area (Å²) in [6.07, 6.45) is 4.41. The number of rotatable bonds is 5. The molecule has 2 fully saturated rings. The van der Waals surface area contributed by atoms with Crippen molar-refractivity contribution in [2.45, 2.75) is 69.7 Å². The number of nitrogens with one attached hydrogen (secondary N) is 2. The summed E-state index contributed by atoms with van der Waals surface area (Å²) in [5.74, 6) is 0. The Hall–Kier alpha value is -2.24. The molecule has 25 heavy (non-hydrogen) atoms. The maximum Gasteiger partial charge on any atom is 0.407 e. The lowest BCUT2D eigenvalue weighted by Crippen LogP contribution is -2.51. The van der Waals surface area contributed by atoms with Crippen LogP contribution in [0.2, 0.25) is 0 Å². The fraction of sp³-hybridized carbons (Fsp3) is 0.579. The number of ether oxygens (including phenoxy) is 2. The van der Waals surface area contributed by atoms with E-state index in [9.17, 15) is 9.59 Å². The van der Waals surface area contributed by atoms with E-state index in [2.05, 4.69) is 10.6 Å². The van der Waals surface area contributed by atoms with Crippen LogP contribution in [0.5, 0.6) is 0 Å². The third kappa shape index (κ3) is 5.11. The molecule has 2 N–H and O–H groups in total. The smallest absolute Gasteiger partial charge is 0.407 e. The average Bonchev–Trinajstić information content (AvgIpc) is 2.99. The quantitative estimate of drug-likeness (QED) is 0.855. The Kier molecular flexibility index (Phi) is 5.46. The molecule has 1 aromatic carbocycles. The van der Waals surface area contributed by atoms with Gasteiger partial charge >= 0.3 is 12.2 Å². The number of hydrogen-bond donors (Lipinski definition) is 2. The van der Waals surface area contributed by atoms with Crippen molar-refractivity contribution in [1.82, 2.24) is 10.6 Å². The van der Waals surface area contributed by atoms with Gasteiger partial charge in [-0.25, -0.2) is 9.59 Å². The van der Waals surface area contributed by atoms with Crippen LogP contribution in [0, 0.1) is 0 Å². The maximum absolute atomic E-state index is 12.0. The van der Waals surface area contributed by atoms with E-state index in [4.69, 9.17) is 9.47 Å². The Morgan fingerprint density at radius 2 is 1.92 bits per heavy atom. The fourth-order valence-electron chi connectivity index (χ4n) is 3.37. The summed E-state index contributed by atoms with van der Waals surface area (Å²) in [7, 11) is 0. The fourth-order valence-corrected chi connectivity index (χ4v) is 3.37. The van der Waals surface area contributed by atoms with Gasteiger partial charge in [-0.05, 0) is 44.6 Å². The van der Waals surface area contributed by atoms with Gasteiger partial charge in [-0.15, -0.1) is 0 Å². The van der Waals surface area contributed by atoms with Crippen LogP contribution in [0.25, 0.3) is 0 Å². The molecule has 0 aliphatic heterocycles. The van der Waals surface area contributed by atoms with Crippen molar-refractivity contribution in [3.63, 3.8) is 0 Å². The monoisotopic (exact) mass is 346 g/mol. The summed E-state index contributed by atoms with van der Waals surface area (Å²) in [6, 6.07) is 9.54. The molecule has 6 nitrogen and oxygen atoms in total. The molecule has 2 aliphatic rings. The molecule has 2 saturated carbocycles. The molecular formula is C19H26N2O4. The zero-order valence-electron chi connectivity index (χ0n) is 14.6. The first-order chi connectivity index (χ1) is 12.0. The van der Waals surface area contributed by atoms with Gasteiger partial charge in [0.25, 0.3) is 0 Å². The first kappa shape index (κ1) is 17.6. The number of carbonyl (C=O) groups excluding carboxylic acids is 2. The SMILES string of the molecule is CC1(NC(=O)OC2CCC(NC(=O)OCc3ccccc3)C2)CCC1. The van der Waals surface area contributed by atoms with E-state index in [1.165, 1.54) is 0 Å². The molecule has 0 spiro atoms. The van der Waals surface area contributed by atoms with Crippen LogP contribution in [0.4, 0.5) is 9.59 Å². The normalized spacial score (nSPS) is 24.0. The van der Waals surface area contributed by atoms with Crippen LogP contribution in [0.15, 0.2) is 30.3 Å². The van der Waals surface area contributed by atoms with Gasteiger partial charge in [0.1, 0.15) is 12.7 Å². The molecule has 2 amide bonds. The van der Waals surface area contributed by atoms with E-state index < -0.39 is 6.09 Å². The minimum absolute atomic E-state index is 0.0136. The molecule has 2 atom stereocenters. The second kappa shape index (κ2) is 7.76. The Labute approximate surface area is 148 Å². The maximum atomic E-state index is 12.0. The lowest BCUT2D eigenvalue weighted by molar-refractivity contribution is 0.0807. The van der Waals surface area contributed by atoms with Gasteiger partial charge in [0, 0.05) is 18.0 Å². The van der Waals surface area contributed by atoms with Gasteiger partial charge in [0.2, 0.25) is 0 Å². The first-order valence-electron chi connectivity index (χ1n) is 8.98. The van der Waals surface area contributed by atoms with E-state index in [0.29, 0.717) is 6.42 Å². The van der Waals surface area contributed by atoms with Gasteiger partial charge in [-0.1, -0.05) is 30.3 Å². The van der Waals surface area contributed by atoms with E-state index in [1.807, 2.05) is 37.3 Å². The van der Waals surface area contributed by atoms with Crippen molar-refractivity contribution in [2.24, 2.45) is 0 Å². The third-order valence-electron chi connectivity index (χ3n) is 5.05. The highest BCUT2D eigenvalue weighted by atomic mass is 16.6. The Morgan fingerprint density at radius 3 is 2.60 bits per heavy atom. The molecule has 0 radical (unpaired) electrons. The van der Waals surface area contributed by atoms with Crippen molar-refractivity contribution in [3.8, 4) is 0 Å². The Balaban J connectivity index is 1.34. The molecule has 6 heteroatoms. The summed E-state index contributed by atoms with van der Waals surface area (Å²) in [5, 5.41) is 5.79. The van der Waals surface area contributed by atoms with Crippen molar-refractivity contribution in [2.75, 3.05) is 0 Å². The van der Waals surface area contributed by atoms with Gasteiger partial charge in [0.05, 0.1) is 0 Å². The molecule has 2 aliphatic carbocycles. The summed E-state index contributed by atoms with van der Waals surface area (Å²) in [5.41, 5.74) is 0.848. The minimum atomic E-state index is -0.430. The van der Waals surface area contributed by atoms with E-state index in [-0.39, 0.29) is 30.4 Å². The van der Waals surface area contributed by atoms with Crippen LogP contribution in [-0.2, 0) is 16.1 Å². The van der Waals surface area contributed by atoms with Crippen molar-refractivity contribution in [1.29, 1.82) is 0 Å². The van der Waals surface area contributed by atoms with E-state index in [1.54, 1.807) is 0 Å². The standard InChI is InChI=1S/C19H26N2O4/c1-19(10-5-11-19)21-18(23)25-16-9-8-15(12-16)20-17(22)24-13-14-6-3-2-4-7-14/h2-4,6-7,15-16H,5,8-13H2,1H3,(H,20,22)(H,21,23). The molecular weight excluding hydrogens is 320 g/mol. The first-order valence-corrected chi connectivity index (χ1v) is 8.98. The van der Waals surface area contributed by atoms with Crippen LogP contribution in [0.1, 0.15) is 51.0 Å². The molecule has 2 unspecified atom stereocenters. The highest BCUT2D eigenvalue weighted by molar-refractivity contribution is 5.69. The molecule has 0 aromatic heterocycles. The van der Waals surface area contributed by atoms with E-state index in [0.717, 1.165) is 37.7 Å². The predicted octanol–water partition coefficient (Wildman–Crippen LogP) is 3.50. The molecule has 1 aromatic rings. The number of carbonyl (C=O) groups is 2. The van der Waals surface area contributed by atoms with E-state index >= 15 is 0 Å². The number of benzene rings is 1.